The molecule has 0 aliphatic heterocycles. The largest absolute Gasteiger partial charge is 0.497 e. The summed E-state index contributed by atoms with van der Waals surface area (Å²) < 4.78 is 5.50. The van der Waals surface area contributed by atoms with E-state index < -0.39 is 0 Å². The van der Waals surface area contributed by atoms with Crippen LogP contribution >= 0.6 is 15.9 Å². The Morgan fingerprint density at radius 2 is 2.19 bits per heavy atom. The first-order valence-electron chi connectivity index (χ1n) is 5.85. The van der Waals surface area contributed by atoms with E-state index in [1.807, 2.05) is 0 Å². The highest BCUT2D eigenvalue weighted by Gasteiger charge is 2.27. The molecular weight excluding hydrogens is 264 g/mol. The number of hydrogen-bond donors (Lipinski definition) is 0. The zero-order valence-electron chi connectivity index (χ0n) is 10.2. The van der Waals surface area contributed by atoms with Crippen LogP contribution < -0.4 is 4.74 Å². The molecule has 1 nitrogen and oxygen atoms in total. The van der Waals surface area contributed by atoms with Crippen molar-refractivity contribution in [1.82, 2.24) is 0 Å². The summed E-state index contributed by atoms with van der Waals surface area (Å²) in [4.78, 5) is 0. The van der Waals surface area contributed by atoms with Gasteiger partial charge in [0.2, 0.25) is 0 Å². The number of hydrogen-bond acceptors (Lipinski definition) is 1. The van der Waals surface area contributed by atoms with E-state index >= 15 is 0 Å². The molecule has 16 heavy (non-hydrogen) atoms. The third-order valence-electron chi connectivity index (χ3n) is 3.28. The van der Waals surface area contributed by atoms with Gasteiger partial charge in [-0.25, -0.2) is 0 Å². The van der Waals surface area contributed by atoms with Gasteiger partial charge in [0.25, 0.3) is 0 Å². The molecule has 0 amide bonds. The minimum atomic E-state index is 0.235. The number of fused-ring (bicyclic) bond motifs is 1. The van der Waals surface area contributed by atoms with Crippen molar-refractivity contribution in [2.75, 3.05) is 7.11 Å². The molecule has 2 heteroatoms. The third kappa shape index (κ3) is 2.60. The van der Waals surface area contributed by atoms with Gasteiger partial charge >= 0.3 is 0 Å². The Bertz CT molecular complexity index is 379. The third-order valence-corrected chi connectivity index (χ3v) is 3.61. The lowest BCUT2D eigenvalue weighted by Crippen LogP contribution is -2.13. The van der Waals surface area contributed by atoms with Crippen LogP contribution in [0.1, 0.15) is 43.7 Å². The molecule has 1 aliphatic carbocycles. The summed E-state index contributed by atoms with van der Waals surface area (Å²) >= 11 is 3.74. The highest BCUT2D eigenvalue weighted by molar-refractivity contribution is 9.10. The second-order valence-electron chi connectivity index (χ2n) is 5.22. The van der Waals surface area contributed by atoms with E-state index in [1.54, 1.807) is 7.11 Å². The Morgan fingerprint density at radius 3 is 2.81 bits per heavy atom. The van der Waals surface area contributed by atoms with Crippen molar-refractivity contribution in [2.24, 2.45) is 0 Å². The molecule has 0 spiro atoms. The molecule has 0 heterocycles. The van der Waals surface area contributed by atoms with E-state index in [4.69, 9.17) is 4.74 Å². The van der Waals surface area contributed by atoms with Crippen molar-refractivity contribution in [3.05, 3.63) is 29.3 Å². The van der Waals surface area contributed by atoms with Gasteiger partial charge in [0.05, 0.1) is 7.11 Å². The maximum Gasteiger partial charge on any atom is 0.119 e. The molecular formula is C14H19BrO. The minimum absolute atomic E-state index is 0.235. The van der Waals surface area contributed by atoms with E-state index in [-0.39, 0.29) is 4.32 Å². The van der Waals surface area contributed by atoms with E-state index in [0.29, 0.717) is 5.92 Å². The summed E-state index contributed by atoms with van der Waals surface area (Å²) in [5.74, 6) is 1.69. The van der Waals surface area contributed by atoms with E-state index in [0.717, 1.165) is 5.75 Å². The molecule has 2 rings (SSSR count). The number of halogens is 1. The first kappa shape index (κ1) is 12.0. The summed E-state index contributed by atoms with van der Waals surface area (Å²) in [6.07, 6.45) is 3.67. The number of methoxy groups -OCH3 is 1. The summed E-state index contributed by atoms with van der Waals surface area (Å²) in [6, 6.07) is 6.51. The molecule has 0 radical (unpaired) electrons. The fourth-order valence-corrected chi connectivity index (χ4v) is 3.00. The highest BCUT2D eigenvalue weighted by atomic mass is 79.9. The van der Waals surface area contributed by atoms with Crippen molar-refractivity contribution in [3.8, 4) is 5.75 Å². The van der Waals surface area contributed by atoms with Gasteiger partial charge in [-0.1, -0.05) is 35.8 Å². The van der Waals surface area contributed by atoms with Crippen LogP contribution in [0.4, 0.5) is 0 Å². The normalized spacial score (nSPS) is 19.6. The lowest BCUT2D eigenvalue weighted by Gasteiger charge is -2.21. The summed E-state index contributed by atoms with van der Waals surface area (Å²) in [5.41, 5.74) is 2.99. The molecule has 1 atom stereocenters. The predicted molar refractivity (Wildman–Crippen MR) is 71.7 cm³/mol. The molecule has 88 valence electrons. The van der Waals surface area contributed by atoms with Gasteiger partial charge in [0, 0.05) is 4.32 Å². The minimum Gasteiger partial charge on any atom is -0.497 e. The van der Waals surface area contributed by atoms with Gasteiger partial charge in [0.15, 0.2) is 0 Å². The molecule has 1 aliphatic rings. The number of benzene rings is 1. The first-order chi connectivity index (χ1) is 7.49. The van der Waals surface area contributed by atoms with Crippen molar-refractivity contribution in [1.29, 1.82) is 0 Å². The lowest BCUT2D eigenvalue weighted by atomic mass is 9.92. The molecule has 0 fully saturated rings. The van der Waals surface area contributed by atoms with E-state index in [9.17, 15) is 0 Å². The Balaban J connectivity index is 2.20. The molecule has 1 aromatic rings. The molecule has 1 unspecified atom stereocenters. The Labute approximate surface area is 106 Å². The fourth-order valence-electron chi connectivity index (χ4n) is 2.61. The molecule has 0 N–H and O–H groups in total. The van der Waals surface area contributed by atoms with E-state index in [2.05, 4.69) is 48.0 Å². The summed E-state index contributed by atoms with van der Waals surface area (Å²) in [7, 11) is 1.73. The predicted octanol–water partition coefficient (Wildman–Crippen LogP) is 4.29. The Kier molecular flexibility index (Phi) is 3.29. The highest BCUT2D eigenvalue weighted by Crippen LogP contribution is 2.41. The smallest absolute Gasteiger partial charge is 0.119 e. The summed E-state index contributed by atoms with van der Waals surface area (Å²) in [6.45, 7) is 4.49. The van der Waals surface area contributed by atoms with Crippen LogP contribution in [0.3, 0.4) is 0 Å². The van der Waals surface area contributed by atoms with Gasteiger partial charge in [-0.05, 0) is 48.4 Å². The monoisotopic (exact) mass is 282 g/mol. The van der Waals surface area contributed by atoms with Gasteiger partial charge in [0.1, 0.15) is 5.75 Å². The van der Waals surface area contributed by atoms with Crippen LogP contribution in [0.25, 0.3) is 0 Å². The lowest BCUT2D eigenvalue weighted by molar-refractivity contribution is 0.414. The maximum atomic E-state index is 5.27. The molecule has 0 aromatic heterocycles. The van der Waals surface area contributed by atoms with Crippen LogP contribution in [-0.2, 0) is 6.42 Å². The number of rotatable bonds is 3. The maximum absolute atomic E-state index is 5.27. The summed E-state index contributed by atoms with van der Waals surface area (Å²) in [5, 5.41) is 0. The molecule has 0 saturated heterocycles. The average Bonchev–Trinajstić information content (AvgIpc) is 2.58. The number of ether oxygens (including phenoxy) is 1. The standard InChI is InChI=1S/C14H19BrO/c1-14(2,15)9-11-5-4-10-8-12(16-3)6-7-13(10)11/h6-8,11H,4-5,9H2,1-3H3. The van der Waals surface area contributed by atoms with Crippen LogP contribution in [0.2, 0.25) is 0 Å². The average molecular weight is 283 g/mol. The Hall–Kier alpha value is -0.500. The zero-order valence-corrected chi connectivity index (χ0v) is 11.8. The molecule has 0 bridgehead atoms. The second-order valence-corrected chi connectivity index (χ2v) is 7.37. The van der Waals surface area contributed by atoms with Crippen LogP contribution in [-0.4, -0.2) is 11.4 Å². The SMILES string of the molecule is COc1ccc2c(c1)CCC2CC(C)(C)Br. The second kappa shape index (κ2) is 4.40. The van der Waals surface area contributed by atoms with Crippen LogP contribution in [0.15, 0.2) is 18.2 Å². The van der Waals surface area contributed by atoms with E-state index in [1.165, 1.54) is 30.4 Å². The zero-order chi connectivity index (χ0) is 11.8. The number of alkyl halides is 1. The van der Waals surface area contributed by atoms with Gasteiger partial charge in [-0.15, -0.1) is 0 Å². The number of aryl methyl sites for hydroxylation is 1. The van der Waals surface area contributed by atoms with Crippen molar-refractivity contribution >= 4 is 15.9 Å². The molecule has 0 saturated carbocycles. The molecule has 1 aromatic carbocycles. The topological polar surface area (TPSA) is 9.23 Å². The van der Waals surface area contributed by atoms with Crippen LogP contribution in [0.5, 0.6) is 5.75 Å². The van der Waals surface area contributed by atoms with Gasteiger partial charge < -0.3 is 4.74 Å². The quantitative estimate of drug-likeness (QED) is 0.752. The van der Waals surface area contributed by atoms with Crippen molar-refractivity contribution < 1.29 is 4.74 Å². The fraction of sp³-hybridized carbons (Fsp3) is 0.571. The van der Waals surface area contributed by atoms with Gasteiger partial charge in [-0.2, -0.15) is 0 Å². The van der Waals surface area contributed by atoms with Gasteiger partial charge in [-0.3, -0.25) is 0 Å². The van der Waals surface area contributed by atoms with Crippen LogP contribution in [0, 0.1) is 0 Å². The first-order valence-corrected chi connectivity index (χ1v) is 6.64. The van der Waals surface area contributed by atoms with Crippen molar-refractivity contribution in [2.45, 2.75) is 43.4 Å². The van der Waals surface area contributed by atoms with Crippen molar-refractivity contribution in [3.63, 3.8) is 0 Å². The Morgan fingerprint density at radius 1 is 1.44 bits per heavy atom.